The first-order chi connectivity index (χ1) is 5.83. The maximum absolute atomic E-state index is 12.5. The van der Waals surface area contributed by atoms with E-state index < -0.39 is 6.09 Å². The minimum Gasteiger partial charge on any atom is -0.304 e. The molecule has 0 aliphatic carbocycles. The number of benzene rings is 1. The topological polar surface area (TPSA) is 63.1 Å². The largest absolute Gasteiger partial charge is 0.329 e. The minimum atomic E-state index is -0.955. The van der Waals surface area contributed by atoms with E-state index in [1.807, 2.05) is 0 Å². The smallest absolute Gasteiger partial charge is 0.304 e. The summed E-state index contributed by atoms with van der Waals surface area (Å²) in [7, 11) is 0. The van der Waals surface area contributed by atoms with Crippen LogP contribution in [0.3, 0.4) is 0 Å². The van der Waals surface area contributed by atoms with Crippen LogP contribution in [-0.2, 0) is 0 Å². The fourth-order valence-electron chi connectivity index (χ4n) is 0.679. The van der Waals surface area contributed by atoms with E-state index in [4.69, 9.17) is 0 Å². The van der Waals surface area contributed by atoms with Gasteiger partial charge in [0.05, 0.1) is 5.69 Å². The van der Waals surface area contributed by atoms with E-state index in [1.165, 1.54) is 0 Å². The molecule has 0 atom stereocenters. The van der Waals surface area contributed by atoms with Crippen molar-refractivity contribution in [1.82, 2.24) is 0 Å². The second-order valence-electron chi connectivity index (χ2n) is 1.93. The molecule has 5 heteroatoms. The third kappa shape index (κ3) is 2.45. The number of hydrogen-bond acceptors (Lipinski definition) is 2. The molecule has 1 aromatic carbocycles. The lowest BCUT2D eigenvalue weighted by molar-refractivity contribution is 0.773. The molecule has 1 aromatic rings. The Morgan fingerprint density at radius 3 is 2.50 bits per heavy atom. The molecule has 4 nitrogen and oxygen atoms in total. The molecule has 0 aliphatic heterocycles. The molecule has 2 N–H and O–H groups in total. The van der Waals surface area contributed by atoms with Crippen LogP contribution >= 0.6 is 0 Å². The predicted molar refractivity (Wildman–Crippen MR) is 43.7 cm³/mol. The van der Waals surface area contributed by atoms with Gasteiger partial charge in [0.2, 0.25) is 0 Å². The molecule has 0 unspecified atom stereocenters. The molecule has 0 saturated carbocycles. The number of aliphatic imine (C=N–C) groups is 1. The van der Waals surface area contributed by atoms with Crippen molar-refractivity contribution >= 4 is 11.8 Å². The van der Waals surface area contributed by atoms with Gasteiger partial charge >= 0.3 is 6.09 Å². The molecule has 0 spiro atoms. The average Bonchev–Trinajstić information content (AvgIpc) is 2.06. The van der Waals surface area contributed by atoms with Gasteiger partial charge < -0.3 is 5.84 Å². The summed E-state index contributed by atoms with van der Waals surface area (Å²) < 4.78 is 12.5. The van der Waals surface area contributed by atoms with E-state index >= 15 is 0 Å². The van der Waals surface area contributed by atoms with Crippen LogP contribution in [0.1, 0.15) is 0 Å². The van der Waals surface area contributed by atoms with Gasteiger partial charge in [0.25, 0.3) is 0 Å². The Labute approximate surface area is 68.6 Å². The third-order valence-corrected chi connectivity index (χ3v) is 1.12. The van der Waals surface area contributed by atoms with Crippen molar-refractivity contribution < 1.29 is 4.39 Å². The van der Waals surface area contributed by atoms with Crippen LogP contribution in [0.4, 0.5) is 10.1 Å². The summed E-state index contributed by atoms with van der Waals surface area (Å²) in [4.78, 5) is 3.46. The number of halogens is 1. The standard InChI is InChI=1S/C7H7FN4/c8-7(11-12-9)10-6-4-2-1-3-5-6/h1-5H,(H2,9,10,11). The zero-order chi connectivity index (χ0) is 8.81. The van der Waals surface area contributed by atoms with Gasteiger partial charge in [0.15, 0.2) is 0 Å². The maximum Gasteiger partial charge on any atom is 0.329 e. The molecule has 0 bridgehead atoms. The molecular formula is C7H7FN4. The van der Waals surface area contributed by atoms with E-state index in [1.54, 1.807) is 30.3 Å². The molecular weight excluding hydrogens is 159 g/mol. The Kier molecular flexibility index (Phi) is 2.89. The molecule has 0 radical (unpaired) electrons. The average molecular weight is 166 g/mol. The second kappa shape index (κ2) is 4.17. The summed E-state index contributed by atoms with van der Waals surface area (Å²) >= 11 is 0. The number of hydrogen-bond donors (Lipinski definition) is 1. The molecule has 0 heterocycles. The summed E-state index contributed by atoms with van der Waals surface area (Å²) in [5.74, 6) is 4.62. The molecule has 1 rings (SSSR count). The van der Waals surface area contributed by atoms with Crippen molar-refractivity contribution in [3.05, 3.63) is 30.3 Å². The van der Waals surface area contributed by atoms with E-state index in [2.05, 4.69) is 21.2 Å². The summed E-state index contributed by atoms with van der Waals surface area (Å²) in [6, 6.07) is 8.58. The Hall–Kier alpha value is -1.78. The van der Waals surface area contributed by atoms with Crippen LogP contribution in [0.2, 0.25) is 0 Å². The summed E-state index contributed by atoms with van der Waals surface area (Å²) in [6.07, 6.45) is -0.955. The lowest BCUT2D eigenvalue weighted by Gasteiger charge is -1.88. The Balaban J connectivity index is 2.81. The van der Waals surface area contributed by atoms with Gasteiger partial charge in [-0.1, -0.05) is 28.5 Å². The second-order valence-corrected chi connectivity index (χ2v) is 1.93. The highest BCUT2D eigenvalue weighted by Gasteiger charge is 1.92. The molecule has 0 aromatic heterocycles. The number of rotatable bonds is 1. The normalized spacial score (nSPS) is 12.2. The highest BCUT2D eigenvalue weighted by atomic mass is 19.1. The fraction of sp³-hybridized carbons (Fsp3) is 0. The number of nitrogens with zero attached hydrogens (tertiary/aromatic N) is 3. The summed E-state index contributed by atoms with van der Waals surface area (Å²) in [5, 5.41) is 5.66. The van der Waals surface area contributed by atoms with Gasteiger partial charge in [-0.3, -0.25) is 0 Å². The Morgan fingerprint density at radius 1 is 1.25 bits per heavy atom. The van der Waals surface area contributed by atoms with Gasteiger partial charge in [-0.25, -0.2) is 4.99 Å². The minimum absolute atomic E-state index is 0.474. The van der Waals surface area contributed by atoms with Crippen molar-refractivity contribution in [2.24, 2.45) is 21.2 Å². The molecule has 0 amide bonds. The van der Waals surface area contributed by atoms with Gasteiger partial charge in [0.1, 0.15) is 0 Å². The first-order valence-corrected chi connectivity index (χ1v) is 3.23. The SMILES string of the molecule is NN=NC(F)=Nc1ccccc1. The molecule has 62 valence electrons. The van der Waals surface area contributed by atoms with E-state index in [-0.39, 0.29) is 0 Å². The highest BCUT2D eigenvalue weighted by Crippen LogP contribution is 2.10. The van der Waals surface area contributed by atoms with Gasteiger partial charge in [-0.2, -0.15) is 4.39 Å². The van der Waals surface area contributed by atoms with Crippen LogP contribution in [0.15, 0.2) is 45.7 Å². The maximum atomic E-state index is 12.5. The zero-order valence-corrected chi connectivity index (χ0v) is 6.18. The zero-order valence-electron chi connectivity index (χ0n) is 6.18. The Morgan fingerprint density at radius 2 is 1.92 bits per heavy atom. The van der Waals surface area contributed by atoms with Crippen molar-refractivity contribution in [2.45, 2.75) is 0 Å². The lowest BCUT2D eigenvalue weighted by atomic mass is 10.3. The number of nitrogens with two attached hydrogens (primary N) is 1. The third-order valence-electron chi connectivity index (χ3n) is 1.12. The van der Waals surface area contributed by atoms with Crippen molar-refractivity contribution in [3.63, 3.8) is 0 Å². The number of para-hydroxylation sites is 1. The molecule has 0 saturated heterocycles. The lowest BCUT2D eigenvalue weighted by Crippen LogP contribution is -1.83. The number of amidine groups is 1. The molecule has 0 fully saturated rings. The van der Waals surface area contributed by atoms with Gasteiger partial charge in [-0.15, -0.1) is 0 Å². The van der Waals surface area contributed by atoms with Crippen LogP contribution < -0.4 is 5.84 Å². The fourth-order valence-corrected chi connectivity index (χ4v) is 0.679. The first-order valence-electron chi connectivity index (χ1n) is 3.23. The van der Waals surface area contributed by atoms with Crippen LogP contribution in [-0.4, -0.2) is 6.09 Å². The quantitative estimate of drug-likeness (QED) is 0.170. The van der Waals surface area contributed by atoms with Crippen molar-refractivity contribution in [3.8, 4) is 0 Å². The van der Waals surface area contributed by atoms with Gasteiger partial charge in [0, 0.05) is 0 Å². The predicted octanol–water partition coefficient (Wildman–Crippen LogP) is 1.97. The van der Waals surface area contributed by atoms with Crippen LogP contribution in [0, 0.1) is 0 Å². The highest BCUT2D eigenvalue weighted by molar-refractivity contribution is 5.75. The van der Waals surface area contributed by atoms with E-state index in [0.717, 1.165) is 0 Å². The van der Waals surface area contributed by atoms with Crippen LogP contribution in [0.25, 0.3) is 0 Å². The Bertz CT molecular complexity index is 294. The van der Waals surface area contributed by atoms with Gasteiger partial charge in [-0.05, 0) is 12.1 Å². The van der Waals surface area contributed by atoms with Crippen LogP contribution in [0.5, 0.6) is 0 Å². The first kappa shape index (κ1) is 8.32. The summed E-state index contributed by atoms with van der Waals surface area (Å²) in [6.45, 7) is 0. The van der Waals surface area contributed by atoms with Crippen molar-refractivity contribution in [1.29, 1.82) is 0 Å². The van der Waals surface area contributed by atoms with E-state index in [9.17, 15) is 4.39 Å². The molecule has 12 heavy (non-hydrogen) atoms. The summed E-state index contributed by atoms with van der Waals surface area (Å²) in [5.41, 5.74) is 0.474. The monoisotopic (exact) mass is 166 g/mol. The van der Waals surface area contributed by atoms with Crippen molar-refractivity contribution in [2.75, 3.05) is 0 Å². The van der Waals surface area contributed by atoms with E-state index in [0.29, 0.717) is 5.69 Å². The molecule has 0 aliphatic rings.